The average Bonchev–Trinajstić information content (AvgIpc) is 3.08. The maximum Gasteiger partial charge on any atom is 0.378 e. The molecular formula is C18H17N3O3. The topological polar surface area (TPSA) is 66.2 Å². The van der Waals surface area contributed by atoms with Gasteiger partial charge in [0.2, 0.25) is 0 Å². The van der Waals surface area contributed by atoms with E-state index in [0.29, 0.717) is 5.82 Å². The highest BCUT2D eigenvalue weighted by atomic mass is 16.5. The lowest BCUT2D eigenvalue weighted by atomic mass is 10.2. The van der Waals surface area contributed by atoms with Crippen molar-refractivity contribution in [2.75, 3.05) is 13.7 Å². The average molecular weight is 323 g/mol. The minimum atomic E-state index is -0.540. The van der Waals surface area contributed by atoms with Crippen molar-refractivity contribution in [1.82, 2.24) is 14.8 Å². The summed E-state index contributed by atoms with van der Waals surface area (Å²) in [7, 11) is 1.61. The van der Waals surface area contributed by atoms with Crippen LogP contribution in [0.2, 0.25) is 0 Å². The normalized spacial score (nSPS) is 10.4. The molecule has 0 amide bonds. The van der Waals surface area contributed by atoms with Crippen molar-refractivity contribution in [2.24, 2.45) is 0 Å². The monoisotopic (exact) mass is 323 g/mol. The van der Waals surface area contributed by atoms with Gasteiger partial charge in [-0.25, -0.2) is 14.5 Å². The Morgan fingerprint density at radius 1 is 1.08 bits per heavy atom. The van der Waals surface area contributed by atoms with Gasteiger partial charge in [0.1, 0.15) is 5.75 Å². The number of aromatic nitrogens is 3. The van der Waals surface area contributed by atoms with Crippen LogP contribution in [0.25, 0.3) is 17.1 Å². The van der Waals surface area contributed by atoms with Gasteiger partial charge in [-0.3, -0.25) is 0 Å². The molecule has 0 saturated carbocycles. The van der Waals surface area contributed by atoms with Crippen LogP contribution in [-0.4, -0.2) is 34.5 Å². The quantitative estimate of drug-likeness (QED) is 0.675. The van der Waals surface area contributed by atoms with Crippen molar-refractivity contribution < 1.29 is 14.3 Å². The van der Waals surface area contributed by atoms with Gasteiger partial charge in [-0.1, -0.05) is 18.2 Å². The van der Waals surface area contributed by atoms with Crippen LogP contribution in [0.4, 0.5) is 0 Å². The van der Waals surface area contributed by atoms with E-state index in [1.807, 2.05) is 54.6 Å². The van der Waals surface area contributed by atoms with Crippen LogP contribution >= 0.6 is 0 Å². The molecule has 122 valence electrons. The molecule has 0 unspecified atom stereocenters. The van der Waals surface area contributed by atoms with Crippen molar-refractivity contribution in [1.29, 1.82) is 0 Å². The molecular weight excluding hydrogens is 306 g/mol. The molecule has 6 heteroatoms. The number of rotatable bonds is 5. The first-order valence-electron chi connectivity index (χ1n) is 7.57. The Morgan fingerprint density at radius 2 is 1.79 bits per heavy atom. The number of esters is 1. The van der Waals surface area contributed by atoms with Crippen LogP contribution in [0.3, 0.4) is 0 Å². The highest BCUT2D eigenvalue weighted by molar-refractivity contribution is 5.86. The molecule has 24 heavy (non-hydrogen) atoms. The fraction of sp³-hybridized carbons (Fsp3) is 0.167. The van der Waals surface area contributed by atoms with Gasteiger partial charge in [0, 0.05) is 5.56 Å². The lowest BCUT2D eigenvalue weighted by Crippen LogP contribution is -2.07. The van der Waals surface area contributed by atoms with E-state index in [4.69, 9.17) is 9.47 Å². The van der Waals surface area contributed by atoms with Crippen LogP contribution in [0.5, 0.6) is 5.75 Å². The first-order valence-corrected chi connectivity index (χ1v) is 7.57. The summed E-state index contributed by atoms with van der Waals surface area (Å²) in [5.41, 5.74) is 1.63. The fourth-order valence-electron chi connectivity index (χ4n) is 2.27. The Balaban J connectivity index is 2.09. The predicted molar refractivity (Wildman–Crippen MR) is 89.3 cm³/mol. The van der Waals surface area contributed by atoms with Crippen molar-refractivity contribution in [3.8, 4) is 22.8 Å². The smallest absolute Gasteiger partial charge is 0.378 e. The number of para-hydroxylation sites is 1. The number of hydrogen-bond acceptors (Lipinski definition) is 5. The molecule has 0 fully saturated rings. The molecule has 0 saturated heterocycles. The van der Waals surface area contributed by atoms with Crippen LogP contribution in [0, 0.1) is 0 Å². The molecule has 0 radical (unpaired) electrons. The number of ether oxygens (including phenoxy) is 2. The van der Waals surface area contributed by atoms with Crippen LogP contribution in [-0.2, 0) is 4.74 Å². The number of methoxy groups -OCH3 is 1. The minimum Gasteiger partial charge on any atom is -0.497 e. The zero-order valence-electron chi connectivity index (χ0n) is 13.5. The Kier molecular flexibility index (Phi) is 4.56. The number of carbonyl (C=O) groups is 1. The first kappa shape index (κ1) is 15.7. The third-order valence-electron chi connectivity index (χ3n) is 3.41. The van der Waals surface area contributed by atoms with E-state index in [1.165, 1.54) is 0 Å². The Hall–Kier alpha value is -3.15. The van der Waals surface area contributed by atoms with Crippen molar-refractivity contribution in [2.45, 2.75) is 6.92 Å². The summed E-state index contributed by atoms with van der Waals surface area (Å²) in [5, 5.41) is 4.32. The van der Waals surface area contributed by atoms with Crippen molar-refractivity contribution >= 4 is 5.97 Å². The summed E-state index contributed by atoms with van der Waals surface area (Å²) in [6, 6.07) is 16.9. The second-order valence-corrected chi connectivity index (χ2v) is 4.96. The molecule has 1 heterocycles. The number of nitrogens with zero attached hydrogens (tertiary/aromatic N) is 3. The maximum atomic E-state index is 12.0. The second kappa shape index (κ2) is 6.95. The molecule has 0 aliphatic carbocycles. The summed E-state index contributed by atoms with van der Waals surface area (Å²) in [4.78, 5) is 16.4. The molecule has 0 bridgehead atoms. The molecule has 1 aromatic heterocycles. The SMILES string of the molecule is CCOC(=O)c1nc(-c2ccc(OC)cc2)n(-c2ccccc2)n1. The van der Waals surface area contributed by atoms with Crippen molar-refractivity contribution in [3.05, 3.63) is 60.4 Å². The zero-order chi connectivity index (χ0) is 16.9. The van der Waals surface area contributed by atoms with E-state index < -0.39 is 5.97 Å². The van der Waals surface area contributed by atoms with Gasteiger partial charge in [0.15, 0.2) is 5.82 Å². The first-order chi connectivity index (χ1) is 11.7. The lowest BCUT2D eigenvalue weighted by Gasteiger charge is -2.06. The molecule has 2 aromatic carbocycles. The van der Waals surface area contributed by atoms with E-state index in [1.54, 1.807) is 18.7 Å². The standard InChI is InChI=1S/C18H17N3O3/c1-3-24-18(22)16-19-17(13-9-11-15(23-2)12-10-13)21(20-16)14-7-5-4-6-8-14/h4-12H,3H2,1-2H3. The van der Waals surface area contributed by atoms with Gasteiger partial charge in [-0.05, 0) is 43.3 Å². The fourth-order valence-corrected chi connectivity index (χ4v) is 2.27. The summed E-state index contributed by atoms with van der Waals surface area (Å²) in [5.74, 6) is 0.801. The van der Waals surface area contributed by atoms with Gasteiger partial charge in [0.05, 0.1) is 19.4 Å². The summed E-state index contributed by atoms with van der Waals surface area (Å²) >= 11 is 0. The van der Waals surface area contributed by atoms with E-state index in [2.05, 4.69) is 10.1 Å². The third kappa shape index (κ3) is 3.12. The van der Waals surface area contributed by atoms with Gasteiger partial charge in [-0.15, -0.1) is 5.10 Å². The highest BCUT2D eigenvalue weighted by Gasteiger charge is 2.19. The van der Waals surface area contributed by atoms with Gasteiger partial charge < -0.3 is 9.47 Å². The summed E-state index contributed by atoms with van der Waals surface area (Å²) < 4.78 is 11.8. The molecule has 0 spiro atoms. The summed E-state index contributed by atoms with van der Waals surface area (Å²) in [6.07, 6.45) is 0. The molecule has 0 N–H and O–H groups in total. The second-order valence-electron chi connectivity index (χ2n) is 4.96. The number of hydrogen-bond donors (Lipinski definition) is 0. The highest BCUT2D eigenvalue weighted by Crippen LogP contribution is 2.23. The van der Waals surface area contributed by atoms with E-state index >= 15 is 0 Å². The Bertz CT molecular complexity index is 826. The predicted octanol–water partition coefficient (Wildman–Crippen LogP) is 3.12. The van der Waals surface area contributed by atoms with Crippen LogP contribution in [0.15, 0.2) is 54.6 Å². The van der Waals surface area contributed by atoms with E-state index in [-0.39, 0.29) is 12.4 Å². The molecule has 0 aliphatic heterocycles. The molecule has 0 aliphatic rings. The molecule has 3 rings (SSSR count). The van der Waals surface area contributed by atoms with Gasteiger partial charge in [0.25, 0.3) is 5.82 Å². The van der Waals surface area contributed by atoms with E-state index in [9.17, 15) is 4.79 Å². The van der Waals surface area contributed by atoms with Crippen LogP contribution in [0.1, 0.15) is 17.5 Å². The maximum absolute atomic E-state index is 12.0. The van der Waals surface area contributed by atoms with E-state index in [0.717, 1.165) is 17.0 Å². The molecule has 0 atom stereocenters. The Labute approximate surface area is 139 Å². The van der Waals surface area contributed by atoms with Crippen LogP contribution < -0.4 is 4.74 Å². The van der Waals surface area contributed by atoms with Gasteiger partial charge in [-0.2, -0.15) is 0 Å². The molecule has 3 aromatic rings. The minimum absolute atomic E-state index is 0.0338. The largest absolute Gasteiger partial charge is 0.497 e. The van der Waals surface area contributed by atoms with Gasteiger partial charge >= 0.3 is 5.97 Å². The lowest BCUT2D eigenvalue weighted by molar-refractivity contribution is 0.0512. The Morgan fingerprint density at radius 3 is 2.42 bits per heavy atom. The van der Waals surface area contributed by atoms with Crippen molar-refractivity contribution in [3.63, 3.8) is 0 Å². The number of benzene rings is 2. The summed E-state index contributed by atoms with van der Waals surface area (Å²) in [6.45, 7) is 2.02. The number of carbonyl (C=O) groups excluding carboxylic acids is 1. The third-order valence-corrected chi connectivity index (χ3v) is 3.41. The zero-order valence-corrected chi connectivity index (χ0v) is 13.5. The molecule has 6 nitrogen and oxygen atoms in total.